The zero-order chi connectivity index (χ0) is 19.7. The van der Waals surface area contributed by atoms with E-state index in [0.717, 1.165) is 19.6 Å². The minimum atomic E-state index is -1.93. The molecule has 0 N–H and O–H groups in total. The molecular weight excluding hydrogens is 380 g/mol. The van der Waals surface area contributed by atoms with Crippen molar-refractivity contribution >= 4 is 22.4 Å². The summed E-state index contributed by atoms with van der Waals surface area (Å²) in [5, 5.41) is 0. The van der Waals surface area contributed by atoms with Gasteiger partial charge in [-0.05, 0) is 59.7 Å². The summed E-state index contributed by atoms with van der Waals surface area (Å²) in [6.07, 6.45) is 8.02. The number of hydrogen-bond acceptors (Lipinski definition) is 2. The standard InChI is InChI=1S/C25H24OS2/c1-3-5-17-23(4-2)28(24-18-11-7-12-19-24,25-20-13-8-14-21-25)26-27-22-15-9-6-10-16-22/h3-21H,1H2,2H3/b17-5-,23-4+. The summed E-state index contributed by atoms with van der Waals surface area (Å²) in [7, 11) is -1.93. The topological polar surface area (TPSA) is 9.23 Å². The molecule has 0 heterocycles. The Balaban J connectivity index is 2.19. The molecule has 3 heteroatoms. The second-order valence-corrected chi connectivity index (χ2v) is 9.64. The molecule has 0 fully saturated rings. The van der Waals surface area contributed by atoms with E-state index in [1.165, 1.54) is 12.0 Å². The van der Waals surface area contributed by atoms with Crippen LogP contribution in [0.15, 0.2) is 141 Å². The van der Waals surface area contributed by atoms with Gasteiger partial charge in [0.15, 0.2) is 0 Å². The van der Waals surface area contributed by atoms with Gasteiger partial charge >= 0.3 is 0 Å². The number of benzene rings is 3. The molecule has 0 atom stereocenters. The van der Waals surface area contributed by atoms with Gasteiger partial charge in [0, 0.05) is 31.6 Å². The van der Waals surface area contributed by atoms with Crippen LogP contribution in [0.1, 0.15) is 6.92 Å². The largest absolute Gasteiger partial charge is 0.251 e. The fourth-order valence-corrected chi connectivity index (χ4v) is 7.27. The van der Waals surface area contributed by atoms with E-state index >= 15 is 0 Å². The van der Waals surface area contributed by atoms with Crippen molar-refractivity contribution in [3.05, 3.63) is 127 Å². The van der Waals surface area contributed by atoms with E-state index in [-0.39, 0.29) is 0 Å². The molecule has 3 aromatic rings. The van der Waals surface area contributed by atoms with Crippen LogP contribution >= 0.6 is 22.4 Å². The number of hydrogen-bond donors (Lipinski definition) is 0. The van der Waals surface area contributed by atoms with Gasteiger partial charge < -0.3 is 0 Å². The molecule has 142 valence electrons. The van der Waals surface area contributed by atoms with Gasteiger partial charge in [0.05, 0.1) is 0 Å². The fourth-order valence-electron chi connectivity index (χ4n) is 2.84. The normalized spacial score (nSPS) is 12.8. The summed E-state index contributed by atoms with van der Waals surface area (Å²) in [5.41, 5.74) is 0. The van der Waals surface area contributed by atoms with Crippen LogP contribution in [-0.4, -0.2) is 0 Å². The Hall–Kier alpha value is -2.46. The van der Waals surface area contributed by atoms with Crippen molar-refractivity contribution < 1.29 is 3.63 Å². The number of allylic oxidation sites excluding steroid dienone is 4. The van der Waals surface area contributed by atoms with Crippen molar-refractivity contribution in [2.24, 2.45) is 0 Å². The molecule has 0 amide bonds. The van der Waals surface area contributed by atoms with Crippen molar-refractivity contribution in [2.75, 3.05) is 0 Å². The Morgan fingerprint density at radius 2 is 1.32 bits per heavy atom. The van der Waals surface area contributed by atoms with Crippen LogP contribution in [0.2, 0.25) is 0 Å². The third-order valence-electron chi connectivity index (χ3n) is 4.14. The molecule has 0 aliphatic carbocycles. The van der Waals surface area contributed by atoms with Crippen molar-refractivity contribution in [1.82, 2.24) is 0 Å². The molecule has 3 aromatic carbocycles. The van der Waals surface area contributed by atoms with Crippen molar-refractivity contribution in [3.8, 4) is 0 Å². The van der Waals surface area contributed by atoms with Crippen LogP contribution in [0.25, 0.3) is 0 Å². The molecule has 0 aliphatic heterocycles. The maximum Gasteiger partial charge on any atom is 0.0434 e. The molecule has 3 rings (SSSR count). The van der Waals surface area contributed by atoms with E-state index in [9.17, 15) is 0 Å². The Morgan fingerprint density at radius 1 is 0.821 bits per heavy atom. The van der Waals surface area contributed by atoms with Gasteiger partial charge in [-0.25, -0.2) is 0 Å². The average Bonchev–Trinajstić information content (AvgIpc) is 2.78. The van der Waals surface area contributed by atoms with E-state index in [4.69, 9.17) is 3.63 Å². The quantitative estimate of drug-likeness (QED) is 0.276. The van der Waals surface area contributed by atoms with E-state index in [0.29, 0.717) is 0 Å². The first kappa shape index (κ1) is 20.3. The van der Waals surface area contributed by atoms with Gasteiger partial charge in [-0.1, -0.05) is 79.4 Å². The lowest BCUT2D eigenvalue weighted by atomic mass is 10.4. The number of rotatable bonds is 8. The molecule has 0 unspecified atom stereocenters. The second-order valence-electron chi connectivity index (χ2n) is 5.93. The Morgan fingerprint density at radius 3 is 1.79 bits per heavy atom. The van der Waals surface area contributed by atoms with E-state index in [1.807, 2.05) is 36.4 Å². The Bertz CT molecular complexity index is 893. The van der Waals surface area contributed by atoms with Gasteiger partial charge in [-0.3, -0.25) is 3.63 Å². The highest BCUT2D eigenvalue weighted by Crippen LogP contribution is 2.71. The van der Waals surface area contributed by atoms with Crippen LogP contribution in [0.4, 0.5) is 0 Å². The minimum absolute atomic E-state index is 1.08. The lowest BCUT2D eigenvalue weighted by Gasteiger charge is -2.40. The van der Waals surface area contributed by atoms with Gasteiger partial charge in [0.1, 0.15) is 0 Å². The molecule has 0 radical (unpaired) electrons. The fraction of sp³-hybridized carbons (Fsp3) is 0.0400. The predicted octanol–water partition coefficient (Wildman–Crippen LogP) is 8.19. The van der Waals surface area contributed by atoms with Crippen molar-refractivity contribution in [2.45, 2.75) is 21.6 Å². The minimum Gasteiger partial charge on any atom is -0.251 e. The molecule has 0 aliphatic rings. The summed E-state index contributed by atoms with van der Waals surface area (Å²) in [4.78, 5) is 4.53. The summed E-state index contributed by atoms with van der Waals surface area (Å²) in [6, 6.07) is 31.2. The van der Waals surface area contributed by atoms with Gasteiger partial charge in [0.2, 0.25) is 0 Å². The maximum absolute atomic E-state index is 6.78. The smallest absolute Gasteiger partial charge is 0.0434 e. The van der Waals surface area contributed by atoms with E-state index < -0.39 is 10.3 Å². The third kappa shape index (κ3) is 4.50. The van der Waals surface area contributed by atoms with Crippen LogP contribution in [0, 0.1) is 0 Å². The van der Waals surface area contributed by atoms with E-state index in [1.54, 1.807) is 6.08 Å². The molecule has 0 aromatic heterocycles. The molecule has 0 saturated carbocycles. The van der Waals surface area contributed by atoms with Gasteiger partial charge in [-0.15, -0.1) is 0 Å². The van der Waals surface area contributed by atoms with Gasteiger partial charge in [-0.2, -0.15) is 0 Å². The first-order valence-electron chi connectivity index (χ1n) is 9.11. The van der Waals surface area contributed by atoms with Crippen molar-refractivity contribution in [1.29, 1.82) is 0 Å². The predicted molar refractivity (Wildman–Crippen MR) is 123 cm³/mol. The first-order chi connectivity index (χ1) is 13.8. The summed E-state index contributed by atoms with van der Waals surface area (Å²) < 4.78 is 6.78. The zero-order valence-electron chi connectivity index (χ0n) is 15.9. The van der Waals surface area contributed by atoms with Crippen LogP contribution < -0.4 is 0 Å². The first-order valence-corrected chi connectivity index (χ1v) is 11.4. The van der Waals surface area contributed by atoms with Crippen LogP contribution in [0.3, 0.4) is 0 Å². The summed E-state index contributed by atoms with van der Waals surface area (Å²) in [6.45, 7) is 5.90. The van der Waals surface area contributed by atoms with E-state index in [2.05, 4.69) is 86.3 Å². The zero-order valence-corrected chi connectivity index (χ0v) is 17.5. The summed E-state index contributed by atoms with van der Waals surface area (Å²) >= 11 is 1.43. The average molecular weight is 405 g/mol. The van der Waals surface area contributed by atoms with Crippen molar-refractivity contribution in [3.63, 3.8) is 0 Å². The second kappa shape index (κ2) is 10.2. The van der Waals surface area contributed by atoms with Gasteiger partial charge in [0.25, 0.3) is 0 Å². The molecule has 28 heavy (non-hydrogen) atoms. The highest BCUT2D eigenvalue weighted by molar-refractivity contribution is 8.36. The van der Waals surface area contributed by atoms with Crippen LogP contribution in [-0.2, 0) is 3.63 Å². The molecule has 0 bridgehead atoms. The lowest BCUT2D eigenvalue weighted by Crippen LogP contribution is -2.06. The summed E-state index contributed by atoms with van der Waals surface area (Å²) in [5.74, 6) is 0. The molecule has 0 spiro atoms. The monoisotopic (exact) mass is 404 g/mol. The lowest BCUT2D eigenvalue weighted by molar-refractivity contribution is 0.721. The molecule has 0 saturated heterocycles. The third-order valence-corrected chi connectivity index (χ3v) is 8.60. The maximum atomic E-state index is 6.78. The molecular formula is C25H24OS2. The Labute approximate surface area is 174 Å². The Kier molecular flexibility index (Phi) is 7.38. The SMILES string of the molecule is C=C/C=C\C(=C/C)S(OSc1ccccc1)(c1ccccc1)c1ccccc1. The molecule has 1 nitrogen and oxygen atoms in total. The highest BCUT2D eigenvalue weighted by Gasteiger charge is 2.33. The van der Waals surface area contributed by atoms with Crippen LogP contribution in [0.5, 0.6) is 0 Å². The highest BCUT2D eigenvalue weighted by atomic mass is 32.3.